The Morgan fingerprint density at radius 2 is 1.54 bits per heavy atom. The number of phenols is 1. The van der Waals surface area contributed by atoms with Crippen molar-refractivity contribution in [2.75, 3.05) is 20.8 Å². The minimum absolute atomic E-state index is 0.131. The molecule has 2 amide bonds. The Morgan fingerprint density at radius 3 is 2.17 bits per heavy atom. The van der Waals surface area contributed by atoms with Gasteiger partial charge in [-0.05, 0) is 60.6 Å². The van der Waals surface area contributed by atoms with Crippen LogP contribution in [0.15, 0.2) is 96.6 Å². The summed E-state index contributed by atoms with van der Waals surface area (Å²) in [4.78, 5) is 58.5. The second-order valence-electron chi connectivity index (χ2n) is 12.9. The first-order valence-electron chi connectivity index (χ1n) is 16.4. The molecular weight excluding hydrogens is 606 g/mol. The van der Waals surface area contributed by atoms with Crippen LogP contribution in [0.1, 0.15) is 36.5 Å². The lowest BCUT2D eigenvalue weighted by molar-refractivity contribution is -0.140. The molecule has 1 heterocycles. The molecule has 3 aromatic rings. The molecule has 8 heteroatoms. The fourth-order valence-corrected chi connectivity index (χ4v) is 8.72. The maximum absolute atomic E-state index is 15.0. The van der Waals surface area contributed by atoms with Gasteiger partial charge in [0.25, 0.3) is 0 Å². The molecular formula is C40H37NO7. The summed E-state index contributed by atoms with van der Waals surface area (Å²) in [7, 11) is 2.91. The van der Waals surface area contributed by atoms with E-state index in [2.05, 4.69) is 0 Å². The second-order valence-corrected chi connectivity index (χ2v) is 12.9. The van der Waals surface area contributed by atoms with Gasteiger partial charge in [0.15, 0.2) is 23.1 Å². The quantitative estimate of drug-likeness (QED) is 0.256. The number of rotatable bonds is 7. The number of phenolic OH excluding ortho intramolecular Hbond substituents is 1. The SMILES string of the molecule is CCN1C(=O)[C@H]2[C@H](CC=C3[C@H]2C[C@H]2C(=O)C(c4ccccc4)=CC(=O)[C@@]2(c2ccccc2)[C@H]3C=Cc2cc(OC)c(O)c(OC)c2)C1=O. The number of benzene rings is 3. The van der Waals surface area contributed by atoms with Crippen LogP contribution in [0.2, 0.25) is 0 Å². The van der Waals surface area contributed by atoms with Crippen molar-refractivity contribution in [1.82, 2.24) is 4.90 Å². The van der Waals surface area contributed by atoms with E-state index in [0.717, 1.165) is 11.1 Å². The van der Waals surface area contributed by atoms with Crippen LogP contribution in [-0.2, 0) is 24.6 Å². The number of fused-ring (bicyclic) bond motifs is 4. The molecule has 7 rings (SSSR count). The number of methoxy groups -OCH3 is 2. The van der Waals surface area contributed by atoms with Gasteiger partial charge in [-0.3, -0.25) is 24.1 Å². The third kappa shape index (κ3) is 4.57. The van der Waals surface area contributed by atoms with Crippen LogP contribution in [0.3, 0.4) is 0 Å². The zero-order chi connectivity index (χ0) is 33.7. The molecule has 2 fully saturated rings. The lowest BCUT2D eigenvalue weighted by Crippen LogP contribution is -2.59. The fraction of sp³-hybridized carbons (Fsp3) is 0.300. The van der Waals surface area contributed by atoms with Crippen LogP contribution in [0.25, 0.3) is 11.6 Å². The van der Waals surface area contributed by atoms with E-state index in [0.29, 0.717) is 23.1 Å². The average Bonchev–Trinajstić information content (AvgIpc) is 3.37. The topological polar surface area (TPSA) is 110 Å². The molecule has 1 aliphatic heterocycles. The zero-order valence-corrected chi connectivity index (χ0v) is 27.1. The van der Waals surface area contributed by atoms with Gasteiger partial charge in [0, 0.05) is 24.0 Å². The van der Waals surface area contributed by atoms with Gasteiger partial charge < -0.3 is 14.6 Å². The average molecular weight is 644 g/mol. The van der Waals surface area contributed by atoms with E-state index in [4.69, 9.17) is 9.47 Å². The molecule has 1 saturated heterocycles. The number of ketones is 2. The third-order valence-corrected chi connectivity index (χ3v) is 10.8. The predicted molar refractivity (Wildman–Crippen MR) is 180 cm³/mol. The number of allylic oxidation sites excluding steroid dienone is 5. The van der Waals surface area contributed by atoms with E-state index in [1.54, 1.807) is 19.1 Å². The van der Waals surface area contributed by atoms with E-state index >= 15 is 0 Å². The molecule has 1 saturated carbocycles. The molecule has 4 aliphatic rings. The van der Waals surface area contributed by atoms with Crippen LogP contribution in [0.4, 0.5) is 0 Å². The standard InChI is InChI=1S/C40H37NO7/c1-4-41-38(45)27-17-16-26-29(35(27)39(41)46)21-31-36(43)28(24-11-7-5-8-12-24)22-34(42)40(31,25-13-9-6-10-14-25)30(26)18-15-23-19-32(47-2)37(44)33(20-23)48-3/h5-16,18-20,22,27,29-31,35,44H,4,17,21H2,1-3H3/t27-,29+,30-,31-,35-,40-/m0/s1. The van der Waals surface area contributed by atoms with Crippen molar-refractivity contribution in [1.29, 1.82) is 0 Å². The van der Waals surface area contributed by atoms with Crippen molar-refractivity contribution in [3.05, 3.63) is 113 Å². The highest BCUT2D eigenvalue weighted by Crippen LogP contribution is 2.61. The molecule has 1 N–H and O–H groups in total. The summed E-state index contributed by atoms with van der Waals surface area (Å²) in [6, 6.07) is 22.0. The maximum atomic E-state index is 15.0. The van der Waals surface area contributed by atoms with E-state index in [1.807, 2.05) is 78.9 Å². The highest BCUT2D eigenvalue weighted by atomic mass is 16.5. The molecule has 3 aliphatic carbocycles. The van der Waals surface area contributed by atoms with Gasteiger partial charge in [-0.25, -0.2) is 0 Å². The number of carbonyl (C=O) groups is 4. The zero-order valence-electron chi connectivity index (χ0n) is 27.1. The number of amides is 2. The molecule has 0 spiro atoms. The fourth-order valence-electron chi connectivity index (χ4n) is 8.72. The van der Waals surface area contributed by atoms with Crippen molar-refractivity contribution >= 4 is 35.0 Å². The van der Waals surface area contributed by atoms with Gasteiger partial charge in [-0.1, -0.05) is 84.5 Å². The smallest absolute Gasteiger partial charge is 0.233 e. The molecule has 3 aromatic carbocycles. The van der Waals surface area contributed by atoms with Crippen molar-refractivity contribution < 1.29 is 33.8 Å². The molecule has 0 bridgehead atoms. The summed E-state index contributed by atoms with van der Waals surface area (Å²) in [6.45, 7) is 2.09. The summed E-state index contributed by atoms with van der Waals surface area (Å²) in [5.41, 5.74) is 1.98. The normalized spacial score (nSPS) is 28.1. The Balaban J connectivity index is 1.47. The summed E-state index contributed by atoms with van der Waals surface area (Å²) in [6.07, 6.45) is 7.97. The van der Waals surface area contributed by atoms with Crippen molar-refractivity contribution in [3.8, 4) is 17.2 Å². The number of hydrogen-bond donors (Lipinski definition) is 1. The van der Waals surface area contributed by atoms with E-state index in [-0.39, 0.29) is 53.6 Å². The number of ether oxygens (including phenoxy) is 2. The predicted octanol–water partition coefficient (Wildman–Crippen LogP) is 5.80. The summed E-state index contributed by atoms with van der Waals surface area (Å²) >= 11 is 0. The van der Waals surface area contributed by atoms with Crippen LogP contribution in [0, 0.1) is 29.6 Å². The minimum Gasteiger partial charge on any atom is -0.502 e. The third-order valence-electron chi connectivity index (χ3n) is 10.8. The number of nitrogens with zero attached hydrogens (tertiary/aromatic N) is 1. The van der Waals surface area contributed by atoms with Gasteiger partial charge >= 0.3 is 0 Å². The molecule has 0 radical (unpaired) electrons. The summed E-state index contributed by atoms with van der Waals surface area (Å²) in [5.74, 6) is -3.34. The number of likely N-dealkylation sites (tertiary alicyclic amines) is 1. The Labute approximate surface area is 279 Å². The molecule has 48 heavy (non-hydrogen) atoms. The Hall–Kier alpha value is -5.24. The molecule has 244 valence electrons. The van der Waals surface area contributed by atoms with Crippen molar-refractivity contribution in [3.63, 3.8) is 0 Å². The molecule has 0 aromatic heterocycles. The maximum Gasteiger partial charge on any atom is 0.233 e. The number of aromatic hydroxyl groups is 1. The van der Waals surface area contributed by atoms with Crippen molar-refractivity contribution in [2.24, 2.45) is 29.6 Å². The number of carbonyl (C=O) groups excluding carboxylic acids is 4. The van der Waals surface area contributed by atoms with Crippen LogP contribution in [-0.4, -0.2) is 54.2 Å². The Morgan fingerprint density at radius 1 is 0.896 bits per heavy atom. The lowest BCUT2D eigenvalue weighted by atomic mass is 9.45. The summed E-state index contributed by atoms with van der Waals surface area (Å²) in [5, 5.41) is 10.6. The van der Waals surface area contributed by atoms with Crippen LogP contribution < -0.4 is 9.47 Å². The van der Waals surface area contributed by atoms with Gasteiger partial charge in [-0.2, -0.15) is 0 Å². The van der Waals surface area contributed by atoms with Gasteiger partial charge in [0.2, 0.25) is 17.6 Å². The van der Waals surface area contributed by atoms with E-state index in [1.165, 1.54) is 25.2 Å². The first kappa shape index (κ1) is 31.4. The summed E-state index contributed by atoms with van der Waals surface area (Å²) < 4.78 is 10.8. The molecule has 0 unspecified atom stereocenters. The second kappa shape index (κ2) is 12.1. The highest BCUT2D eigenvalue weighted by Gasteiger charge is 2.64. The van der Waals surface area contributed by atoms with Gasteiger partial charge in [0.1, 0.15) is 0 Å². The largest absolute Gasteiger partial charge is 0.502 e. The Kier molecular flexibility index (Phi) is 7.90. The van der Waals surface area contributed by atoms with Crippen molar-refractivity contribution in [2.45, 2.75) is 25.2 Å². The molecule has 6 atom stereocenters. The van der Waals surface area contributed by atoms with E-state index < -0.39 is 35.0 Å². The Bertz CT molecular complexity index is 1880. The minimum atomic E-state index is -1.30. The highest BCUT2D eigenvalue weighted by molar-refractivity contribution is 6.31. The number of imide groups is 1. The number of Topliss-reactive ketones (excluding diaryl/α,β-unsaturated/α-hetero) is 1. The van der Waals surface area contributed by atoms with Gasteiger partial charge in [-0.15, -0.1) is 0 Å². The first-order valence-corrected chi connectivity index (χ1v) is 16.4. The van der Waals surface area contributed by atoms with Gasteiger partial charge in [0.05, 0.1) is 31.5 Å². The monoisotopic (exact) mass is 643 g/mol. The van der Waals surface area contributed by atoms with Crippen LogP contribution >= 0.6 is 0 Å². The lowest BCUT2D eigenvalue weighted by Gasteiger charge is -2.54. The van der Waals surface area contributed by atoms with E-state index in [9.17, 15) is 24.3 Å². The molecule has 8 nitrogen and oxygen atoms in total. The van der Waals surface area contributed by atoms with Crippen LogP contribution in [0.5, 0.6) is 17.2 Å². The number of hydrogen-bond acceptors (Lipinski definition) is 7. The first-order chi connectivity index (χ1) is 23.3.